The third kappa shape index (κ3) is 2.65. The van der Waals surface area contributed by atoms with Crippen LogP contribution in [-0.4, -0.2) is 15.5 Å². The zero-order valence-corrected chi connectivity index (χ0v) is 11.1. The summed E-state index contributed by atoms with van der Waals surface area (Å²) < 4.78 is 2.08. The molecule has 2 aromatic heterocycles. The zero-order chi connectivity index (χ0) is 13.1. The second-order valence-corrected chi connectivity index (χ2v) is 4.56. The van der Waals surface area contributed by atoms with Crippen LogP contribution in [0.25, 0.3) is 0 Å². The third-order valence-corrected chi connectivity index (χ3v) is 2.85. The van der Waals surface area contributed by atoms with Gasteiger partial charge in [-0.2, -0.15) is 0 Å². The Kier molecular flexibility index (Phi) is 3.57. The summed E-state index contributed by atoms with van der Waals surface area (Å²) in [6.45, 7) is 0. The summed E-state index contributed by atoms with van der Waals surface area (Å²) in [7, 11) is 1.77. The summed E-state index contributed by atoms with van der Waals surface area (Å²) in [5, 5.41) is 2.57. The molecule has 0 saturated heterocycles. The van der Waals surface area contributed by atoms with E-state index in [1.54, 1.807) is 42.3 Å². The van der Waals surface area contributed by atoms with Crippen molar-refractivity contribution in [3.8, 4) is 0 Å². The highest BCUT2D eigenvalue weighted by Gasteiger charge is 2.10. The van der Waals surface area contributed by atoms with Crippen LogP contribution in [0.2, 0.25) is 0 Å². The molecule has 2 aromatic rings. The quantitative estimate of drug-likeness (QED) is 0.920. The van der Waals surface area contributed by atoms with E-state index < -0.39 is 0 Å². The van der Waals surface area contributed by atoms with Crippen LogP contribution in [0.4, 0.5) is 5.69 Å². The molecule has 2 heterocycles. The number of carbonyl (C=O) groups is 1. The Hall–Kier alpha value is -1.95. The minimum absolute atomic E-state index is 0.223. The molecule has 0 fully saturated rings. The van der Waals surface area contributed by atoms with Gasteiger partial charge >= 0.3 is 0 Å². The van der Waals surface area contributed by atoms with Crippen molar-refractivity contribution in [2.75, 3.05) is 5.32 Å². The van der Waals surface area contributed by atoms with Crippen molar-refractivity contribution in [1.29, 1.82) is 0 Å². The number of carbonyl (C=O) groups excluding carboxylic acids is 1. The molecule has 0 radical (unpaired) electrons. The molecule has 0 aromatic carbocycles. The highest BCUT2D eigenvalue weighted by atomic mass is 79.9. The molecule has 0 unspecified atom stereocenters. The van der Waals surface area contributed by atoms with Gasteiger partial charge in [0.2, 0.25) is 5.43 Å². The van der Waals surface area contributed by atoms with Crippen molar-refractivity contribution < 1.29 is 4.79 Å². The molecule has 0 spiro atoms. The standard InChI is InChI=1S/C12H10BrN3O2/c1-16-6-9(13)11(17)10(7-16)15-12(18)8-3-2-4-14-5-8/h2-7H,1H3,(H,15,18). The van der Waals surface area contributed by atoms with Crippen molar-refractivity contribution >= 4 is 27.5 Å². The maximum absolute atomic E-state index is 11.9. The molecule has 0 atom stereocenters. The molecule has 0 aliphatic heterocycles. The van der Waals surface area contributed by atoms with Crippen LogP contribution in [0.5, 0.6) is 0 Å². The molecule has 0 saturated carbocycles. The summed E-state index contributed by atoms with van der Waals surface area (Å²) in [6, 6.07) is 3.29. The first kappa shape index (κ1) is 12.5. The summed E-state index contributed by atoms with van der Waals surface area (Å²) in [6.07, 6.45) is 6.20. The number of anilines is 1. The van der Waals surface area contributed by atoms with Crippen LogP contribution in [0.3, 0.4) is 0 Å². The van der Waals surface area contributed by atoms with Crippen molar-refractivity contribution in [3.63, 3.8) is 0 Å². The number of hydrogen-bond acceptors (Lipinski definition) is 3. The minimum atomic E-state index is -0.363. The van der Waals surface area contributed by atoms with E-state index in [1.807, 2.05) is 0 Å². The Bertz CT molecular complexity index is 638. The molecule has 92 valence electrons. The molecule has 18 heavy (non-hydrogen) atoms. The highest BCUT2D eigenvalue weighted by Crippen LogP contribution is 2.09. The predicted molar refractivity (Wildman–Crippen MR) is 71.6 cm³/mol. The van der Waals surface area contributed by atoms with Gasteiger partial charge in [-0.05, 0) is 28.1 Å². The lowest BCUT2D eigenvalue weighted by Crippen LogP contribution is -2.20. The fraction of sp³-hybridized carbons (Fsp3) is 0.0833. The number of hydrogen-bond donors (Lipinski definition) is 1. The molecular formula is C12H10BrN3O2. The molecular weight excluding hydrogens is 298 g/mol. The molecule has 5 nitrogen and oxygen atoms in total. The Morgan fingerprint density at radius 3 is 2.89 bits per heavy atom. The maximum atomic E-state index is 11.9. The first-order valence-corrected chi connectivity index (χ1v) is 5.94. The number of pyridine rings is 2. The summed E-state index contributed by atoms with van der Waals surface area (Å²) in [5.41, 5.74) is 0.366. The molecule has 2 rings (SSSR count). The predicted octanol–water partition coefficient (Wildman–Crippen LogP) is 1.80. The van der Waals surface area contributed by atoms with Crippen LogP contribution >= 0.6 is 15.9 Å². The monoisotopic (exact) mass is 307 g/mol. The van der Waals surface area contributed by atoms with Gasteiger partial charge in [-0.15, -0.1) is 0 Å². The Balaban J connectivity index is 2.31. The van der Waals surface area contributed by atoms with E-state index >= 15 is 0 Å². The molecule has 6 heteroatoms. The van der Waals surface area contributed by atoms with E-state index in [4.69, 9.17) is 0 Å². The lowest BCUT2D eigenvalue weighted by molar-refractivity contribution is 0.102. The van der Waals surface area contributed by atoms with Gasteiger partial charge in [0, 0.05) is 31.8 Å². The summed E-state index contributed by atoms with van der Waals surface area (Å²) in [4.78, 5) is 27.5. The normalized spacial score (nSPS) is 10.1. The van der Waals surface area contributed by atoms with Crippen molar-refractivity contribution in [1.82, 2.24) is 9.55 Å². The second kappa shape index (κ2) is 5.14. The van der Waals surface area contributed by atoms with Gasteiger partial charge in [0.1, 0.15) is 5.69 Å². The van der Waals surface area contributed by atoms with Gasteiger partial charge in [-0.25, -0.2) is 0 Å². The average molecular weight is 308 g/mol. The number of nitrogens with one attached hydrogen (secondary N) is 1. The maximum Gasteiger partial charge on any atom is 0.257 e. The van der Waals surface area contributed by atoms with E-state index in [1.165, 1.54) is 6.20 Å². The van der Waals surface area contributed by atoms with Crippen LogP contribution in [0.1, 0.15) is 10.4 Å². The molecule has 0 aliphatic rings. The number of amides is 1. The van der Waals surface area contributed by atoms with Crippen molar-refractivity contribution in [2.45, 2.75) is 0 Å². The van der Waals surface area contributed by atoms with Gasteiger partial charge in [-0.1, -0.05) is 0 Å². The van der Waals surface area contributed by atoms with Crippen LogP contribution in [0, 0.1) is 0 Å². The van der Waals surface area contributed by atoms with E-state index in [9.17, 15) is 9.59 Å². The Morgan fingerprint density at radius 2 is 2.22 bits per heavy atom. The van der Waals surface area contributed by atoms with E-state index in [0.29, 0.717) is 10.0 Å². The molecule has 1 N–H and O–H groups in total. The first-order valence-electron chi connectivity index (χ1n) is 5.15. The van der Waals surface area contributed by atoms with Gasteiger partial charge in [-0.3, -0.25) is 14.6 Å². The number of rotatable bonds is 2. The Labute approximate surface area is 112 Å². The SMILES string of the molecule is Cn1cc(Br)c(=O)c(NC(=O)c2cccnc2)c1. The van der Waals surface area contributed by atoms with Crippen LogP contribution < -0.4 is 10.7 Å². The average Bonchev–Trinajstić information content (AvgIpc) is 2.36. The highest BCUT2D eigenvalue weighted by molar-refractivity contribution is 9.10. The van der Waals surface area contributed by atoms with Crippen LogP contribution in [-0.2, 0) is 7.05 Å². The van der Waals surface area contributed by atoms with E-state index in [0.717, 1.165) is 0 Å². The molecule has 0 bridgehead atoms. The summed E-state index contributed by atoms with van der Waals surface area (Å²) in [5.74, 6) is -0.363. The largest absolute Gasteiger partial charge is 0.354 e. The number of nitrogens with zero attached hydrogens (tertiary/aromatic N) is 2. The third-order valence-electron chi connectivity index (χ3n) is 2.28. The van der Waals surface area contributed by atoms with Crippen molar-refractivity contribution in [2.24, 2.45) is 7.05 Å². The lowest BCUT2D eigenvalue weighted by Gasteiger charge is -2.07. The fourth-order valence-electron chi connectivity index (χ4n) is 1.45. The Morgan fingerprint density at radius 1 is 1.44 bits per heavy atom. The fourth-order valence-corrected chi connectivity index (χ4v) is 1.98. The smallest absolute Gasteiger partial charge is 0.257 e. The van der Waals surface area contributed by atoms with Gasteiger partial charge in [0.15, 0.2) is 0 Å². The zero-order valence-electron chi connectivity index (χ0n) is 9.55. The molecule has 1 amide bonds. The van der Waals surface area contributed by atoms with Gasteiger partial charge in [0.25, 0.3) is 5.91 Å². The topological polar surface area (TPSA) is 64.0 Å². The first-order chi connectivity index (χ1) is 8.58. The van der Waals surface area contributed by atoms with Gasteiger partial charge in [0.05, 0.1) is 10.0 Å². The second-order valence-electron chi connectivity index (χ2n) is 3.71. The molecule has 0 aliphatic carbocycles. The number of aryl methyl sites for hydroxylation is 1. The van der Waals surface area contributed by atoms with Crippen molar-refractivity contribution in [3.05, 3.63) is 57.2 Å². The summed E-state index contributed by atoms with van der Waals surface area (Å²) >= 11 is 3.15. The van der Waals surface area contributed by atoms with E-state index in [-0.39, 0.29) is 17.0 Å². The number of aromatic nitrogens is 2. The van der Waals surface area contributed by atoms with Gasteiger partial charge < -0.3 is 9.88 Å². The van der Waals surface area contributed by atoms with E-state index in [2.05, 4.69) is 26.2 Å². The number of halogens is 1. The van der Waals surface area contributed by atoms with Crippen LogP contribution in [0.15, 0.2) is 46.2 Å². The minimum Gasteiger partial charge on any atom is -0.354 e. The lowest BCUT2D eigenvalue weighted by atomic mass is 10.2.